The van der Waals surface area contributed by atoms with E-state index in [9.17, 15) is 0 Å². The average Bonchev–Trinajstić information content (AvgIpc) is 2.88. The number of rotatable bonds is 4. The highest BCUT2D eigenvalue weighted by molar-refractivity contribution is 6.33. The first kappa shape index (κ1) is 14.0. The van der Waals surface area contributed by atoms with E-state index in [4.69, 9.17) is 26.8 Å². The molecule has 0 radical (unpaired) electrons. The summed E-state index contributed by atoms with van der Waals surface area (Å²) >= 11 is 6.17. The van der Waals surface area contributed by atoms with Crippen LogP contribution in [0.1, 0.15) is 24.5 Å². The molecular formula is C16H17ClN2O2. The molecule has 1 aliphatic rings. The number of aromatic nitrogens is 1. The molecule has 0 fully saturated rings. The Morgan fingerprint density at radius 3 is 2.67 bits per heavy atom. The van der Waals surface area contributed by atoms with Gasteiger partial charge in [-0.2, -0.15) is 0 Å². The number of benzene rings is 1. The van der Waals surface area contributed by atoms with Crippen molar-refractivity contribution in [3.8, 4) is 11.5 Å². The predicted molar refractivity (Wildman–Crippen MR) is 82.8 cm³/mol. The summed E-state index contributed by atoms with van der Waals surface area (Å²) in [4.78, 5) is 4.02. The van der Waals surface area contributed by atoms with E-state index in [1.54, 1.807) is 0 Å². The third kappa shape index (κ3) is 2.90. The molecule has 5 heteroatoms. The number of pyridine rings is 1. The first-order chi connectivity index (χ1) is 10.1. The molecule has 110 valence electrons. The van der Waals surface area contributed by atoms with Crippen molar-refractivity contribution < 1.29 is 9.47 Å². The van der Waals surface area contributed by atoms with Gasteiger partial charge in [0.1, 0.15) is 0 Å². The van der Waals surface area contributed by atoms with E-state index in [1.165, 1.54) is 5.56 Å². The third-order valence-electron chi connectivity index (χ3n) is 3.53. The van der Waals surface area contributed by atoms with Crippen molar-refractivity contribution >= 4 is 17.3 Å². The van der Waals surface area contributed by atoms with Crippen molar-refractivity contribution in [1.82, 2.24) is 4.98 Å². The summed E-state index contributed by atoms with van der Waals surface area (Å²) in [5.41, 5.74) is 8.71. The highest BCUT2D eigenvalue weighted by Crippen LogP contribution is 2.46. The summed E-state index contributed by atoms with van der Waals surface area (Å²) in [5, 5.41) is 0.519. The van der Waals surface area contributed by atoms with Crippen LogP contribution in [0, 0.1) is 0 Å². The molecular weight excluding hydrogens is 288 g/mol. The minimum absolute atomic E-state index is 0.320. The second-order valence-corrected chi connectivity index (χ2v) is 5.51. The number of nitrogens with two attached hydrogens (primary N) is 1. The number of hydrogen-bond donors (Lipinski definition) is 1. The standard InChI is InChI=1S/C16H17ClN2O2/c1-10-20-15-12(9-13(17)14(18)16(15)21-10)4-2-3-11-5-7-19-8-6-11/h5-10H,2-4,18H2,1H3. The van der Waals surface area contributed by atoms with Gasteiger partial charge in [0.05, 0.1) is 10.7 Å². The Kier molecular flexibility index (Phi) is 3.88. The molecule has 2 aromatic rings. The summed E-state index contributed by atoms with van der Waals surface area (Å²) < 4.78 is 11.3. The SMILES string of the molecule is CC1Oc2c(CCCc3ccncc3)cc(Cl)c(N)c2O1. The maximum Gasteiger partial charge on any atom is 0.238 e. The summed E-state index contributed by atoms with van der Waals surface area (Å²) in [6, 6.07) is 5.94. The van der Waals surface area contributed by atoms with E-state index < -0.39 is 0 Å². The van der Waals surface area contributed by atoms with Gasteiger partial charge in [0.25, 0.3) is 0 Å². The number of nitrogen functional groups attached to an aromatic ring is 1. The number of anilines is 1. The zero-order chi connectivity index (χ0) is 14.8. The van der Waals surface area contributed by atoms with Crippen LogP contribution >= 0.6 is 11.6 Å². The number of hydrogen-bond acceptors (Lipinski definition) is 4. The molecule has 2 N–H and O–H groups in total. The lowest BCUT2D eigenvalue weighted by molar-refractivity contribution is 0.0677. The van der Waals surface area contributed by atoms with Crippen LogP contribution in [0.2, 0.25) is 5.02 Å². The first-order valence-electron chi connectivity index (χ1n) is 6.98. The quantitative estimate of drug-likeness (QED) is 0.877. The van der Waals surface area contributed by atoms with Crippen LogP contribution < -0.4 is 15.2 Å². The number of nitrogens with zero attached hydrogens (tertiary/aromatic N) is 1. The van der Waals surface area contributed by atoms with E-state index in [0.29, 0.717) is 16.5 Å². The van der Waals surface area contributed by atoms with E-state index >= 15 is 0 Å². The van der Waals surface area contributed by atoms with E-state index in [-0.39, 0.29) is 6.29 Å². The maximum absolute atomic E-state index is 6.17. The van der Waals surface area contributed by atoms with Crippen molar-refractivity contribution in [3.05, 3.63) is 46.7 Å². The zero-order valence-corrected chi connectivity index (χ0v) is 12.6. The van der Waals surface area contributed by atoms with Crippen molar-refractivity contribution in [2.45, 2.75) is 32.5 Å². The topological polar surface area (TPSA) is 57.4 Å². The molecule has 0 amide bonds. The van der Waals surface area contributed by atoms with Crippen molar-refractivity contribution in [3.63, 3.8) is 0 Å². The Morgan fingerprint density at radius 1 is 1.19 bits per heavy atom. The van der Waals surface area contributed by atoms with Crippen molar-refractivity contribution in [1.29, 1.82) is 0 Å². The number of aryl methyl sites for hydroxylation is 2. The molecule has 2 heterocycles. The zero-order valence-electron chi connectivity index (χ0n) is 11.8. The van der Waals surface area contributed by atoms with E-state index in [2.05, 4.69) is 4.98 Å². The summed E-state index contributed by atoms with van der Waals surface area (Å²) in [7, 11) is 0. The molecule has 0 aliphatic carbocycles. The molecule has 1 unspecified atom stereocenters. The molecule has 0 bridgehead atoms. The summed E-state index contributed by atoms with van der Waals surface area (Å²) in [6.45, 7) is 1.84. The summed E-state index contributed by atoms with van der Waals surface area (Å²) in [5.74, 6) is 1.31. The van der Waals surface area contributed by atoms with Crippen molar-refractivity contribution in [2.75, 3.05) is 5.73 Å². The fraction of sp³-hybridized carbons (Fsp3) is 0.312. The fourth-order valence-electron chi connectivity index (χ4n) is 2.49. The molecule has 0 saturated heterocycles. The van der Waals surface area contributed by atoms with Crippen LogP contribution in [-0.2, 0) is 12.8 Å². The van der Waals surface area contributed by atoms with Gasteiger partial charge in [0.15, 0.2) is 11.5 Å². The minimum Gasteiger partial charge on any atom is -0.451 e. The van der Waals surface area contributed by atoms with Gasteiger partial charge in [-0.05, 0) is 48.6 Å². The molecule has 21 heavy (non-hydrogen) atoms. The average molecular weight is 305 g/mol. The van der Waals surface area contributed by atoms with Gasteiger partial charge in [0, 0.05) is 19.3 Å². The normalized spacial score (nSPS) is 16.2. The fourth-order valence-corrected chi connectivity index (χ4v) is 2.71. The summed E-state index contributed by atoms with van der Waals surface area (Å²) in [6.07, 6.45) is 6.14. The molecule has 1 aliphatic heterocycles. The number of halogens is 1. The second kappa shape index (κ2) is 5.82. The highest BCUT2D eigenvalue weighted by Gasteiger charge is 2.27. The minimum atomic E-state index is -0.320. The molecule has 0 spiro atoms. The van der Waals surface area contributed by atoms with Gasteiger partial charge in [0.2, 0.25) is 6.29 Å². The van der Waals surface area contributed by atoms with Crippen LogP contribution in [0.3, 0.4) is 0 Å². The highest BCUT2D eigenvalue weighted by atomic mass is 35.5. The predicted octanol–water partition coefficient (Wildman–Crippen LogP) is 3.61. The maximum atomic E-state index is 6.17. The van der Waals surface area contributed by atoms with Gasteiger partial charge in [-0.3, -0.25) is 4.98 Å². The number of ether oxygens (including phenoxy) is 2. The van der Waals surface area contributed by atoms with Crippen LogP contribution in [0.15, 0.2) is 30.6 Å². The Balaban J connectivity index is 1.74. The molecule has 1 aromatic carbocycles. The smallest absolute Gasteiger partial charge is 0.238 e. The molecule has 0 saturated carbocycles. The largest absolute Gasteiger partial charge is 0.451 e. The van der Waals surface area contributed by atoms with Crippen LogP contribution in [0.25, 0.3) is 0 Å². The third-order valence-corrected chi connectivity index (χ3v) is 3.84. The van der Waals surface area contributed by atoms with Crippen LogP contribution in [0.5, 0.6) is 11.5 Å². The van der Waals surface area contributed by atoms with Crippen LogP contribution in [-0.4, -0.2) is 11.3 Å². The Hall–Kier alpha value is -1.94. The van der Waals surface area contributed by atoms with Crippen molar-refractivity contribution in [2.24, 2.45) is 0 Å². The second-order valence-electron chi connectivity index (χ2n) is 5.10. The van der Waals surface area contributed by atoms with Gasteiger partial charge in [-0.25, -0.2) is 0 Å². The lowest BCUT2D eigenvalue weighted by Gasteiger charge is -2.09. The first-order valence-corrected chi connectivity index (χ1v) is 7.36. The van der Waals surface area contributed by atoms with E-state index in [0.717, 1.165) is 30.6 Å². The Morgan fingerprint density at radius 2 is 1.90 bits per heavy atom. The molecule has 1 aromatic heterocycles. The molecule has 3 rings (SSSR count). The number of fused-ring (bicyclic) bond motifs is 1. The van der Waals surface area contributed by atoms with Gasteiger partial charge >= 0.3 is 0 Å². The Labute approximate surface area is 128 Å². The molecule has 1 atom stereocenters. The van der Waals surface area contributed by atoms with Gasteiger partial charge in [-0.15, -0.1) is 0 Å². The van der Waals surface area contributed by atoms with E-state index in [1.807, 2.05) is 37.5 Å². The monoisotopic (exact) mass is 304 g/mol. The lowest BCUT2D eigenvalue weighted by atomic mass is 10.0. The van der Waals surface area contributed by atoms with Crippen LogP contribution in [0.4, 0.5) is 5.69 Å². The molecule has 4 nitrogen and oxygen atoms in total. The van der Waals surface area contributed by atoms with Gasteiger partial charge < -0.3 is 15.2 Å². The lowest BCUT2D eigenvalue weighted by Crippen LogP contribution is -2.11. The van der Waals surface area contributed by atoms with Gasteiger partial charge in [-0.1, -0.05) is 11.6 Å². The Bertz CT molecular complexity index is 646.